The number of hydrogen-bond donors (Lipinski definition) is 1. The molecule has 0 amide bonds. The van der Waals surface area contributed by atoms with E-state index < -0.39 is 0 Å². The van der Waals surface area contributed by atoms with Crippen LogP contribution in [0.3, 0.4) is 0 Å². The van der Waals surface area contributed by atoms with E-state index in [0.717, 1.165) is 5.76 Å². The summed E-state index contributed by atoms with van der Waals surface area (Å²) in [6.45, 7) is 4.69. The molecule has 0 fully saturated rings. The van der Waals surface area contributed by atoms with Crippen LogP contribution < -0.4 is 5.73 Å². The van der Waals surface area contributed by atoms with Crippen LogP contribution in [-0.2, 0) is 0 Å². The monoisotopic (exact) mass is 247 g/mol. The van der Waals surface area contributed by atoms with Crippen molar-refractivity contribution in [1.82, 2.24) is 0 Å². The van der Waals surface area contributed by atoms with Crippen LogP contribution in [0.4, 0.5) is 0 Å². The highest BCUT2D eigenvalue weighted by atomic mass is 32.2. The highest BCUT2D eigenvalue weighted by molar-refractivity contribution is 7.99. The van der Waals surface area contributed by atoms with Crippen LogP contribution in [0, 0.1) is 13.8 Å². The van der Waals surface area contributed by atoms with E-state index in [9.17, 15) is 0 Å². The summed E-state index contributed by atoms with van der Waals surface area (Å²) in [7, 11) is 0. The van der Waals surface area contributed by atoms with Crippen LogP contribution >= 0.6 is 11.8 Å². The van der Waals surface area contributed by atoms with Gasteiger partial charge in [0.2, 0.25) is 0 Å². The van der Waals surface area contributed by atoms with Crippen molar-refractivity contribution in [2.75, 3.05) is 6.54 Å². The van der Waals surface area contributed by atoms with Crippen molar-refractivity contribution in [3.63, 3.8) is 0 Å². The van der Waals surface area contributed by atoms with Crippen LogP contribution in [0.2, 0.25) is 0 Å². The molecule has 1 atom stereocenters. The SMILES string of the molecule is Cc1ccc(C(CN)Sc2ccoc2C)cc1. The van der Waals surface area contributed by atoms with Gasteiger partial charge in [0, 0.05) is 16.7 Å². The molecule has 0 aliphatic carbocycles. The van der Waals surface area contributed by atoms with Crippen LogP contribution in [0.25, 0.3) is 0 Å². The second kappa shape index (κ2) is 5.43. The van der Waals surface area contributed by atoms with Crippen LogP contribution in [-0.4, -0.2) is 6.54 Å². The van der Waals surface area contributed by atoms with Gasteiger partial charge in [0.25, 0.3) is 0 Å². The third-order valence-electron chi connectivity index (χ3n) is 2.74. The molecule has 0 saturated heterocycles. The number of rotatable bonds is 4. The van der Waals surface area contributed by atoms with E-state index in [0.29, 0.717) is 6.54 Å². The molecule has 17 heavy (non-hydrogen) atoms. The minimum atomic E-state index is 0.284. The van der Waals surface area contributed by atoms with Gasteiger partial charge in [-0.3, -0.25) is 0 Å². The van der Waals surface area contributed by atoms with Gasteiger partial charge in [-0.2, -0.15) is 0 Å². The number of benzene rings is 1. The number of nitrogens with two attached hydrogens (primary N) is 1. The fourth-order valence-corrected chi connectivity index (χ4v) is 2.73. The Morgan fingerprint density at radius 2 is 1.88 bits per heavy atom. The number of furan rings is 1. The van der Waals surface area contributed by atoms with Crippen molar-refractivity contribution in [3.8, 4) is 0 Å². The lowest BCUT2D eigenvalue weighted by Gasteiger charge is -2.14. The van der Waals surface area contributed by atoms with Crippen LogP contribution in [0.1, 0.15) is 22.1 Å². The van der Waals surface area contributed by atoms with Crippen molar-refractivity contribution >= 4 is 11.8 Å². The first-order valence-electron chi connectivity index (χ1n) is 5.68. The first-order valence-corrected chi connectivity index (χ1v) is 6.56. The van der Waals surface area contributed by atoms with Gasteiger partial charge >= 0.3 is 0 Å². The molecule has 0 radical (unpaired) electrons. The predicted octanol–water partition coefficient (Wildman–Crippen LogP) is 3.69. The molecule has 2 aromatic rings. The number of aryl methyl sites for hydroxylation is 2. The molecule has 2 N–H and O–H groups in total. The second-order valence-electron chi connectivity index (χ2n) is 4.09. The zero-order chi connectivity index (χ0) is 12.3. The van der Waals surface area contributed by atoms with Gasteiger partial charge in [-0.15, -0.1) is 11.8 Å². The zero-order valence-corrected chi connectivity index (χ0v) is 11.0. The molecule has 1 aromatic heterocycles. The molecule has 0 bridgehead atoms. The number of thioether (sulfide) groups is 1. The Morgan fingerprint density at radius 3 is 2.41 bits per heavy atom. The highest BCUT2D eigenvalue weighted by Gasteiger charge is 2.13. The Bertz CT molecular complexity index is 475. The molecule has 1 heterocycles. The molecule has 2 rings (SSSR count). The van der Waals surface area contributed by atoms with Crippen molar-refractivity contribution in [2.24, 2.45) is 5.73 Å². The smallest absolute Gasteiger partial charge is 0.114 e. The molecule has 3 heteroatoms. The van der Waals surface area contributed by atoms with Gasteiger partial charge in [-0.25, -0.2) is 0 Å². The van der Waals surface area contributed by atoms with Crippen molar-refractivity contribution in [1.29, 1.82) is 0 Å². The lowest BCUT2D eigenvalue weighted by Crippen LogP contribution is -2.09. The minimum absolute atomic E-state index is 0.284. The lowest BCUT2D eigenvalue weighted by atomic mass is 10.1. The van der Waals surface area contributed by atoms with Gasteiger partial charge in [-0.05, 0) is 25.5 Å². The first-order chi connectivity index (χ1) is 8.20. The molecule has 1 aromatic carbocycles. The zero-order valence-electron chi connectivity index (χ0n) is 10.1. The molecule has 0 aliphatic heterocycles. The topological polar surface area (TPSA) is 39.2 Å². The molecule has 90 valence electrons. The fraction of sp³-hybridized carbons (Fsp3) is 0.286. The van der Waals surface area contributed by atoms with E-state index in [2.05, 4.69) is 31.2 Å². The van der Waals surface area contributed by atoms with Gasteiger partial charge in [0.15, 0.2) is 0 Å². The summed E-state index contributed by atoms with van der Waals surface area (Å²) in [5.41, 5.74) is 8.40. The van der Waals surface area contributed by atoms with Crippen molar-refractivity contribution in [2.45, 2.75) is 24.0 Å². The Hall–Kier alpha value is -1.19. The average molecular weight is 247 g/mol. The number of hydrogen-bond acceptors (Lipinski definition) is 3. The van der Waals surface area contributed by atoms with Gasteiger partial charge in [0.05, 0.1) is 6.26 Å². The highest BCUT2D eigenvalue weighted by Crippen LogP contribution is 2.36. The average Bonchev–Trinajstić information content (AvgIpc) is 2.73. The maximum Gasteiger partial charge on any atom is 0.114 e. The van der Waals surface area contributed by atoms with E-state index >= 15 is 0 Å². The summed E-state index contributed by atoms with van der Waals surface area (Å²) in [5.74, 6) is 0.959. The Kier molecular flexibility index (Phi) is 3.92. The molecule has 0 saturated carbocycles. The van der Waals surface area contributed by atoms with Gasteiger partial charge in [-0.1, -0.05) is 29.8 Å². The fourth-order valence-electron chi connectivity index (χ4n) is 1.68. The predicted molar refractivity (Wildman–Crippen MR) is 72.3 cm³/mol. The summed E-state index contributed by atoms with van der Waals surface area (Å²) >= 11 is 1.76. The Labute approximate surface area is 106 Å². The third-order valence-corrected chi connectivity index (χ3v) is 4.17. The van der Waals surface area contributed by atoms with E-state index in [1.165, 1.54) is 16.0 Å². The minimum Gasteiger partial charge on any atom is -0.468 e. The van der Waals surface area contributed by atoms with E-state index in [1.807, 2.05) is 13.0 Å². The maximum absolute atomic E-state index is 5.86. The Balaban J connectivity index is 2.17. The van der Waals surface area contributed by atoms with E-state index in [4.69, 9.17) is 10.2 Å². The maximum atomic E-state index is 5.86. The third kappa shape index (κ3) is 2.93. The largest absolute Gasteiger partial charge is 0.468 e. The second-order valence-corrected chi connectivity index (χ2v) is 5.34. The molecule has 2 nitrogen and oxygen atoms in total. The van der Waals surface area contributed by atoms with Gasteiger partial charge < -0.3 is 10.2 Å². The van der Waals surface area contributed by atoms with Crippen molar-refractivity contribution < 1.29 is 4.42 Å². The quantitative estimate of drug-likeness (QED) is 0.837. The summed E-state index contributed by atoms with van der Waals surface area (Å²) < 4.78 is 5.30. The van der Waals surface area contributed by atoms with E-state index in [-0.39, 0.29) is 5.25 Å². The summed E-state index contributed by atoms with van der Waals surface area (Å²) in [6, 6.07) is 10.5. The first kappa shape index (κ1) is 12.3. The summed E-state index contributed by atoms with van der Waals surface area (Å²) in [4.78, 5) is 1.17. The van der Waals surface area contributed by atoms with E-state index in [1.54, 1.807) is 18.0 Å². The molecular formula is C14H17NOS. The van der Waals surface area contributed by atoms with Crippen molar-refractivity contribution in [3.05, 3.63) is 53.5 Å². The molecule has 0 aliphatic rings. The standard InChI is InChI=1S/C14H17NOS/c1-10-3-5-12(6-4-10)14(9-15)17-13-7-8-16-11(13)2/h3-8,14H,9,15H2,1-2H3. The van der Waals surface area contributed by atoms with Crippen LogP contribution in [0.15, 0.2) is 45.9 Å². The normalized spacial score (nSPS) is 12.6. The lowest BCUT2D eigenvalue weighted by molar-refractivity contribution is 0.526. The van der Waals surface area contributed by atoms with Gasteiger partial charge in [0.1, 0.15) is 5.76 Å². The molecule has 1 unspecified atom stereocenters. The molecular weight excluding hydrogens is 230 g/mol. The summed E-state index contributed by atoms with van der Waals surface area (Å²) in [6.07, 6.45) is 1.72. The molecule has 0 spiro atoms. The Morgan fingerprint density at radius 1 is 1.18 bits per heavy atom. The van der Waals surface area contributed by atoms with Crippen LogP contribution in [0.5, 0.6) is 0 Å². The summed E-state index contributed by atoms with van der Waals surface area (Å²) in [5, 5.41) is 0.284.